The number of carbonyl (C=O) groups is 2. The van der Waals surface area contributed by atoms with E-state index in [9.17, 15) is 9.59 Å². The minimum absolute atomic E-state index is 0.0111. The summed E-state index contributed by atoms with van der Waals surface area (Å²) in [6, 6.07) is 9.43. The first kappa shape index (κ1) is 12.8. The van der Waals surface area contributed by atoms with Crippen molar-refractivity contribution < 1.29 is 9.59 Å². The zero-order valence-electron chi connectivity index (χ0n) is 10.9. The van der Waals surface area contributed by atoms with Gasteiger partial charge in [-0.3, -0.25) is 9.59 Å². The van der Waals surface area contributed by atoms with Gasteiger partial charge in [-0.15, -0.1) is 0 Å². The highest BCUT2D eigenvalue weighted by Crippen LogP contribution is 2.48. The van der Waals surface area contributed by atoms with Crippen LogP contribution >= 0.6 is 0 Å². The number of Topliss-reactive ketones (excluding diaryl/α,β-unsaturated/α-hetero) is 1. The van der Waals surface area contributed by atoms with Gasteiger partial charge in [0, 0.05) is 6.42 Å². The lowest BCUT2D eigenvalue weighted by Gasteiger charge is -2.19. The van der Waals surface area contributed by atoms with Crippen LogP contribution in [-0.2, 0) is 15.0 Å². The number of carbonyl (C=O) groups excluding carboxylic acids is 2. The average Bonchev–Trinajstić information content (AvgIpc) is 3.20. The number of nitrogens with one attached hydrogen (secondary N) is 1. The van der Waals surface area contributed by atoms with Crippen molar-refractivity contribution >= 4 is 11.7 Å². The Labute approximate surface area is 108 Å². The second kappa shape index (κ2) is 4.92. The summed E-state index contributed by atoms with van der Waals surface area (Å²) in [5, 5.41) is 2.84. The highest BCUT2D eigenvalue weighted by atomic mass is 16.2. The fourth-order valence-corrected chi connectivity index (χ4v) is 2.25. The molecule has 1 N–H and O–H groups in total. The van der Waals surface area contributed by atoms with E-state index in [4.69, 9.17) is 0 Å². The summed E-state index contributed by atoms with van der Waals surface area (Å²) >= 11 is 0. The molecule has 0 heterocycles. The summed E-state index contributed by atoms with van der Waals surface area (Å²) < 4.78 is 0. The van der Waals surface area contributed by atoms with Crippen LogP contribution in [0.2, 0.25) is 0 Å². The van der Waals surface area contributed by atoms with E-state index in [1.165, 1.54) is 0 Å². The molecule has 1 fully saturated rings. The highest BCUT2D eigenvalue weighted by molar-refractivity contribution is 5.95. The molecular formula is C15H19NO2. The number of hydrogen-bond acceptors (Lipinski definition) is 2. The molecule has 1 amide bonds. The Kier molecular flexibility index (Phi) is 3.50. The predicted molar refractivity (Wildman–Crippen MR) is 70.3 cm³/mol. The fourth-order valence-electron chi connectivity index (χ4n) is 2.25. The van der Waals surface area contributed by atoms with E-state index >= 15 is 0 Å². The smallest absolute Gasteiger partial charge is 0.231 e. The summed E-state index contributed by atoms with van der Waals surface area (Å²) in [6.07, 6.45) is 2.20. The second-order valence-corrected chi connectivity index (χ2v) is 4.96. The third-order valence-corrected chi connectivity index (χ3v) is 3.69. The number of hydrogen-bond donors (Lipinski definition) is 1. The molecule has 0 aliphatic heterocycles. The summed E-state index contributed by atoms with van der Waals surface area (Å²) in [5.74, 6) is 0.0650. The maximum absolute atomic E-state index is 12.3. The van der Waals surface area contributed by atoms with Gasteiger partial charge in [0.1, 0.15) is 0 Å². The van der Waals surface area contributed by atoms with Gasteiger partial charge in [-0.1, -0.05) is 37.3 Å². The van der Waals surface area contributed by atoms with Crippen molar-refractivity contribution in [2.24, 2.45) is 0 Å². The topological polar surface area (TPSA) is 46.2 Å². The van der Waals surface area contributed by atoms with Crippen molar-refractivity contribution in [2.75, 3.05) is 0 Å². The van der Waals surface area contributed by atoms with E-state index in [1.54, 1.807) is 6.92 Å². The first-order valence-corrected chi connectivity index (χ1v) is 6.49. The van der Waals surface area contributed by atoms with Gasteiger partial charge < -0.3 is 5.32 Å². The second-order valence-electron chi connectivity index (χ2n) is 4.96. The lowest BCUT2D eigenvalue weighted by atomic mass is 9.94. The molecule has 0 saturated heterocycles. The van der Waals surface area contributed by atoms with Gasteiger partial charge in [-0.25, -0.2) is 0 Å². The van der Waals surface area contributed by atoms with Gasteiger partial charge in [0.25, 0.3) is 0 Å². The molecule has 1 aliphatic carbocycles. The SMILES string of the molecule is CCC(=O)C(C)NC(=O)C1(c2ccccc2)CC1. The van der Waals surface area contributed by atoms with Gasteiger partial charge >= 0.3 is 0 Å². The van der Waals surface area contributed by atoms with Crippen molar-refractivity contribution in [1.82, 2.24) is 5.32 Å². The number of rotatable bonds is 5. The van der Waals surface area contributed by atoms with E-state index < -0.39 is 0 Å². The first-order valence-electron chi connectivity index (χ1n) is 6.49. The van der Waals surface area contributed by atoms with Crippen molar-refractivity contribution in [2.45, 2.75) is 44.6 Å². The summed E-state index contributed by atoms with van der Waals surface area (Å²) in [6.45, 7) is 3.57. The van der Waals surface area contributed by atoms with Crippen LogP contribution in [0.5, 0.6) is 0 Å². The molecule has 1 aromatic carbocycles. The maximum atomic E-state index is 12.3. The van der Waals surface area contributed by atoms with E-state index in [0.29, 0.717) is 6.42 Å². The normalized spacial score (nSPS) is 17.9. The summed E-state index contributed by atoms with van der Waals surface area (Å²) in [4.78, 5) is 23.8. The molecule has 0 bridgehead atoms. The van der Waals surface area contributed by atoms with Gasteiger partial charge in [-0.05, 0) is 25.3 Å². The Morgan fingerprint density at radius 3 is 2.39 bits per heavy atom. The Hall–Kier alpha value is -1.64. The van der Waals surface area contributed by atoms with Crippen molar-refractivity contribution in [3.05, 3.63) is 35.9 Å². The molecule has 0 spiro atoms. The average molecular weight is 245 g/mol. The molecule has 1 unspecified atom stereocenters. The molecule has 1 saturated carbocycles. The molecule has 1 aliphatic rings. The van der Waals surface area contributed by atoms with Crippen molar-refractivity contribution in [1.29, 1.82) is 0 Å². The summed E-state index contributed by atoms with van der Waals surface area (Å²) in [5.41, 5.74) is 0.669. The third-order valence-electron chi connectivity index (χ3n) is 3.69. The van der Waals surface area contributed by atoms with Gasteiger partial charge in [-0.2, -0.15) is 0 Å². The Morgan fingerprint density at radius 1 is 1.28 bits per heavy atom. The van der Waals surface area contributed by atoms with Crippen LogP contribution in [0.25, 0.3) is 0 Å². The van der Waals surface area contributed by atoms with E-state index in [2.05, 4.69) is 5.32 Å². The predicted octanol–water partition coefficient (Wildman–Crippen LogP) is 2.20. The minimum atomic E-state index is -0.385. The Balaban J connectivity index is 2.08. The number of amides is 1. The monoisotopic (exact) mass is 245 g/mol. The molecule has 0 radical (unpaired) electrons. The molecule has 3 nitrogen and oxygen atoms in total. The maximum Gasteiger partial charge on any atom is 0.231 e. The molecule has 2 rings (SSSR count). The van der Waals surface area contributed by atoms with Crippen molar-refractivity contribution in [3.8, 4) is 0 Å². The van der Waals surface area contributed by atoms with Crippen LogP contribution in [0, 0.1) is 0 Å². The lowest BCUT2D eigenvalue weighted by Crippen LogP contribution is -2.43. The first-order chi connectivity index (χ1) is 8.60. The van der Waals surface area contributed by atoms with E-state index in [0.717, 1.165) is 18.4 Å². The zero-order chi connectivity index (χ0) is 13.2. The van der Waals surface area contributed by atoms with Crippen LogP contribution in [-0.4, -0.2) is 17.7 Å². The number of ketones is 1. The lowest BCUT2D eigenvalue weighted by molar-refractivity contribution is -0.128. The minimum Gasteiger partial charge on any atom is -0.346 e. The molecule has 96 valence electrons. The fraction of sp³-hybridized carbons (Fsp3) is 0.467. The Bertz CT molecular complexity index is 449. The van der Waals surface area contributed by atoms with Crippen LogP contribution in [0.1, 0.15) is 38.7 Å². The largest absolute Gasteiger partial charge is 0.346 e. The zero-order valence-corrected chi connectivity index (χ0v) is 10.9. The number of benzene rings is 1. The summed E-state index contributed by atoms with van der Waals surface area (Å²) in [7, 11) is 0. The van der Waals surface area contributed by atoms with Gasteiger partial charge in [0.05, 0.1) is 11.5 Å². The van der Waals surface area contributed by atoms with Crippen LogP contribution in [0.4, 0.5) is 0 Å². The Morgan fingerprint density at radius 2 is 1.89 bits per heavy atom. The molecular weight excluding hydrogens is 226 g/mol. The molecule has 18 heavy (non-hydrogen) atoms. The molecule has 1 aromatic rings. The van der Waals surface area contributed by atoms with E-state index in [1.807, 2.05) is 37.3 Å². The van der Waals surface area contributed by atoms with E-state index in [-0.39, 0.29) is 23.1 Å². The van der Waals surface area contributed by atoms with Crippen LogP contribution in [0.15, 0.2) is 30.3 Å². The van der Waals surface area contributed by atoms with Gasteiger partial charge in [0.2, 0.25) is 5.91 Å². The van der Waals surface area contributed by atoms with Crippen molar-refractivity contribution in [3.63, 3.8) is 0 Å². The van der Waals surface area contributed by atoms with Crippen LogP contribution in [0.3, 0.4) is 0 Å². The highest BCUT2D eigenvalue weighted by Gasteiger charge is 2.51. The standard InChI is InChI=1S/C15H19NO2/c1-3-13(17)11(2)16-14(18)15(9-10-15)12-7-5-4-6-8-12/h4-8,11H,3,9-10H2,1-2H3,(H,16,18). The van der Waals surface area contributed by atoms with Gasteiger partial charge in [0.15, 0.2) is 5.78 Å². The molecule has 0 aromatic heterocycles. The third kappa shape index (κ3) is 2.30. The quantitative estimate of drug-likeness (QED) is 0.864. The van der Waals surface area contributed by atoms with Crippen LogP contribution < -0.4 is 5.32 Å². The molecule has 3 heteroatoms. The molecule has 1 atom stereocenters.